The summed E-state index contributed by atoms with van der Waals surface area (Å²) in [6.07, 6.45) is 0.969. The van der Waals surface area contributed by atoms with Crippen LogP contribution >= 0.6 is 0 Å². The van der Waals surface area contributed by atoms with Gasteiger partial charge in [0.2, 0.25) is 11.8 Å². The third kappa shape index (κ3) is 4.86. The Hall–Kier alpha value is -2.04. The summed E-state index contributed by atoms with van der Waals surface area (Å²) in [5, 5.41) is 2.59. The highest BCUT2D eigenvalue weighted by Crippen LogP contribution is 2.08. The molecular weight excluding hydrogens is 230 g/mol. The van der Waals surface area contributed by atoms with Crippen LogP contribution in [0.15, 0.2) is 24.3 Å². The van der Waals surface area contributed by atoms with E-state index in [2.05, 4.69) is 5.32 Å². The number of benzene rings is 1. The Morgan fingerprint density at radius 1 is 1.33 bits per heavy atom. The van der Waals surface area contributed by atoms with Crippen molar-refractivity contribution in [2.24, 2.45) is 0 Å². The molecule has 0 aliphatic heterocycles. The molecule has 0 aromatic heterocycles. The molecule has 0 spiro atoms. The van der Waals surface area contributed by atoms with Gasteiger partial charge in [0.1, 0.15) is 0 Å². The summed E-state index contributed by atoms with van der Waals surface area (Å²) in [6.45, 7) is 0.0444. The number of carbonyl (C=O) groups is 2. The Labute approximate surface area is 107 Å². The maximum atomic E-state index is 11.5. The van der Waals surface area contributed by atoms with Crippen molar-refractivity contribution in [1.82, 2.24) is 10.2 Å². The van der Waals surface area contributed by atoms with Gasteiger partial charge in [-0.15, -0.1) is 0 Å². The van der Waals surface area contributed by atoms with Gasteiger partial charge in [-0.2, -0.15) is 0 Å². The fourth-order valence-corrected chi connectivity index (χ4v) is 1.43. The number of nitrogens with two attached hydrogens (primary N) is 1. The van der Waals surface area contributed by atoms with E-state index in [-0.39, 0.29) is 18.4 Å². The SMILES string of the molecule is CN(C)C(=O)CNC(=O)CCc1cccc(N)c1. The number of hydrogen-bond acceptors (Lipinski definition) is 3. The van der Waals surface area contributed by atoms with E-state index in [0.717, 1.165) is 5.56 Å². The number of nitrogen functional groups attached to an aromatic ring is 1. The van der Waals surface area contributed by atoms with Crippen molar-refractivity contribution < 1.29 is 9.59 Å². The summed E-state index contributed by atoms with van der Waals surface area (Å²) in [7, 11) is 3.31. The van der Waals surface area contributed by atoms with Crippen molar-refractivity contribution in [3.05, 3.63) is 29.8 Å². The number of aryl methyl sites for hydroxylation is 1. The average molecular weight is 249 g/mol. The number of carbonyl (C=O) groups excluding carboxylic acids is 2. The van der Waals surface area contributed by atoms with Gasteiger partial charge in [-0.3, -0.25) is 9.59 Å². The molecule has 0 heterocycles. The Balaban J connectivity index is 2.31. The van der Waals surface area contributed by atoms with Crippen molar-refractivity contribution in [2.75, 3.05) is 26.4 Å². The number of nitrogens with one attached hydrogen (secondary N) is 1. The molecule has 18 heavy (non-hydrogen) atoms. The van der Waals surface area contributed by atoms with E-state index in [9.17, 15) is 9.59 Å². The first kappa shape index (κ1) is 14.0. The second-order valence-electron chi connectivity index (χ2n) is 4.31. The molecule has 0 bridgehead atoms. The molecule has 1 rings (SSSR count). The summed E-state index contributed by atoms with van der Waals surface area (Å²) in [4.78, 5) is 24.2. The van der Waals surface area contributed by atoms with Crippen LogP contribution in [0.5, 0.6) is 0 Å². The van der Waals surface area contributed by atoms with Crippen LogP contribution in [0.1, 0.15) is 12.0 Å². The highest BCUT2D eigenvalue weighted by Gasteiger charge is 2.07. The van der Waals surface area contributed by atoms with Gasteiger partial charge in [0.15, 0.2) is 0 Å². The molecule has 0 unspecified atom stereocenters. The Morgan fingerprint density at radius 2 is 2.06 bits per heavy atom. The third-order valence-electron chi connectivity index (χ3n) is 2.53. The Kier molecular flexibility index (Phi) is 5.17. The molecule has 0 saturated heterocycles. The van der Waals surface area contributed by atoms with E-state index < -0.39 is 0 Å². The van der Waals surface area contributed by atoms with Crippen molar-refractivity contribution in [3.63, 3.8) is 0 Å². The molecule has 1 aromatic carbocycles. The standard InChI is InChI=1S/C13H19N3O2/c1-16(2)13(18)9-15-12(17)7-6-10-4-3-5-11(14)8-10/h3-5,8H,6-7,9,14H2,1-2H3,(H,15,17). The fourth-order valence-electron chi connectivity index (χ4n) is 1.43. The minimum Gasteiger partial charge on any atom is -0.399 e. The second-order valence-corrected chi connectivity index (χ2v) is 4.31. The predicted octanol–water partition coefficient (Wildman–Crippen LogP) is 0.406. The number of anilines is 1. The molecule has 3 N–H and O–H groups in total. The molecule has 0 radical (unpaired) electrons. The van der Waals surface area contributed by atoms with Crippen LogP contribution in [0.3, 0.4) is 0 Å². The van der Waals surface area contributed by atoms with E-state index >= 15 is 0 Å². The number of rotatable bonds is 5. The minimum atomic E-state index is -0.132. The highest BCUT2D eigenvalue weighted by atomic mass is 16.2. The van der Waals surface area contributed by atoms with Gasteiger partial charge >= 0.3 is 0 Å². The highest BCUT2D eigenvalue weighted by molar-refractivity contribution is 5.84. The lowest BCUT2D eigenvalue weighted by Crippen LogP contribution is -2.36. The zero-order valence-corrected chi connectivity index (χ0v) is 10.8. The maximum Gasteiger partial charge on any atom is 0.241 e. The Bertz CT molecular complexity index is 430. The van der Waals surface area contributed by atoms with Crippen molar-refractivity contribution in [2.45, 2.75) is 12.8 Å². The molecule has 0 saturated carbocycles. The zero-order valence-electron chi connectivity index (χ0n) is 10.8. The molecule has 0 aliphatic carbocycles. The van der Waals surface area contributed by atoms with Gasteiger partial charge in [0, 0.05) is 26.2 Å². The second kappa shape index (κ2) is 6.64. The van der Waals surface area contributed by atoms with Crippen molar-refractivity contribution >= 4 is 17.5 Å². The Morgan fingerprint density at radius 3 is 2.67 bits per heavy atom. The first-order valence-corrected chi connectivity index (χ1v) is 5.80. The molecule has 98 valence electrons. The summed E-state index contributed by atoms with van der Waals surface area (Å²) in [5.41, 5.74) is 7.35. The van der Waals surface area contributed by atoms with E-state index in [4.69, 9.17) is 5.73 Å². The minimum absolute atomic E-state index is 0.0444. The molecule has 5 heteroatoms. The van der Waals surface area contributed by atoms with Crippen LogP contribution in [0.4, 0.5) is 5.69 Å². The average Bonchev–Trinajstić information content (AvgIpc) is 2.33. The third-order valence-corrected chi connectivity index (χ3v) is 2.53. The van der Waals surface area contributed by atoms with E-state index in [1.807, 2.05) is 18.2 Å². The van der Waals surface area contributed by atoms with Gasteiger partial charge in [-0.25, -0.2) is 0 Å². The van der Waals surface area contributed by atoms with Crippen molar-refractivity contribution in [1.29, 1.82) is 0 Å². The van der Waals surface area contributed by atoms with Crippen LogP contribution < -0.4 is 11.1 Å². The summed E-state index contributed by atoms with van der Waals surface area (Å²) in [5.74, 6) is -0.250. The van der Waals surface area contributed by atoms with Crippen LogP contribution in [0.2, 0.25) is 0 Å². The van der Waals surface area contributed by atoms with Crippen LogP contribution in [-0.4, -0.2) is 37.4 Å². The number of hydrogen-bond donors (Lipinski definition) is 2. The number of likely N-dealkylation sites (N-methyl/N-ethyl adjacent to an activating group) is 1. The molecule has 0 fully saturated rings. The van der Waals surface area contributed by atoms with Gasteiger partial charge in [-0.05, 0) is 24.1 Å². The van der Waals surface area contributed by atoms with Crippen LogP contribution in [0, 0.1) is 0 Å². The quantitative estimate of drug-likeness (QED) is 0.742. The topological polar surface area (TPSA) is 75.4 Å². The number of amides is 2. The van der Waals surface area contributed by atoms with Gasteiger partial charge in [-0.1, -0.05) is 12.1 Å². The maximum absolute atomic E-state index is 11.5. The monoisotopic (exact) mass is 249 g/mol. The normalized spacial score (nSPS) is 9.89. The lowest BCUT2D eigenvalue weighted by atomic mass is 10.1. The molecular formula is C13H19N3O2. The fraction of sp³-hybridized carbons (Fsp3) is 0.385. The largest absolute Gasteiger partial charge is 0.399 e. The first-order valence-electron chi connectivity index (χ1n) is 5.80. The number of nitrogens with zero attached hydrogens (tertiary/aromatic N) is 1. The smallest absolute Gasteiger partial charge is 0.241 e. The van der Waals surface area contributed by atoms with E-state index in [1.165, 1.54) is 4.90 Å². The molecule has 1 aromatic rings. The van der Waals surface area contributed by atoms with E-state index in [0.29, 0.717) is 18.5 Å². The van der Waals surface area contributed by atoms with Gasteiger partial charge in [0.05, 0.1) is 6.54 Å². The zero-order chi connectivity index (χ0) is 13.5. The first-order chi connectivity index (χ1) is 8.49. The summed E-state index contributed by atoms with van der Waals surface area (Å²) in [6, 6.07) is 7.43. The predicted molar refractivity (Wildman–Crippen MR) is 70.9 cm³/mol. The molecule has 5 nitrogen and oxygen atoms in total. The van der Waals surface area contributed by atoms with Crippen LogP contribution in [-0.2, 0) is 16.0 Å². The summed E-state index contributed by atoms with van der Waals surface area (Å²) < 4.78 is 0. The van der Waals surface area contributed by atoms with Crippen molar-refractivity contribution in [3.8, 4) is 0 Å². The molecule has 0 atom stereocenters. The van der Waals surface area contributed by atoms with E-state index in [1.54, 1.807) is 20.2 Å². The molecule has 2 amide bonds. The molecule has 0 aliphatic rings. The van der Waals surface area contributed by atoms with Crippen LogP contribution in [0.25, 0.3) is 0 Å². The lowest BCUT2D eigenvalue weighted by Gasteiger charge is -2.10. The van der Waals surface area contributed by atoms with Gasteiger partial charge < -0.3 is 16.0 Å². The summed E-state index contributed by atoms with van der Waals surface area (Å²) >= 11 is 0. The van der Waals surface area contributed by atoms with Gasteiger partial charge in [0.25, 0.3) is 0 Å². The lowest BCUT2D eigenvalue weighted by molar-refractivity contribution is -0.130.